The normalized spacial score (nSPS) is 11.2. The topological polar surface area (TPSA) is 94.5 Å². The summed E-state index contributed by atoms with van der Waals surface area (Å²) < 4.78 is 31.0. The molecule has 6 nitrogen and oxygen atoms in total. The molecule has 1 N–H and O–H groups in total. The number of benzene rings is 1. The van der Waals surface area contributed by atoms with Gasteiger partial charge in [-0.3, -0.25) is 0 Å². The zero-order valence-corrected chi connectivity index (χ0v) is 13.6. The SMILES string of the molecule is CSc1nc2nsc(/N=N/c3cc(F)c(O)cc3F)c2cc1C#N. The summed E-state index contributed by atoms with van der Waals surface area (Å²) in [4.78, 5) is 4.25. The number of aromatic hydroxyl groups is 1. The zero-order chi connectivity index (χ0) is 17.3. The van der Waals surface area contributed by atoms with Crippen molar-refractivity contribution in [3.8, 4) is 11.8 Å². The van der Waals surface area contributed by atoms with Crippen LogP contribution in [-0.4, -0.2) is 20.7 Å². The number of phenols is 1. The molecule has 0 amide bonds. The maximum Gasteiger partial charge on any atom is 0.176 e. The molecule has 120 valence electrons. The number of thioether (sulfide) groups is 1. The van der Waals surface area contributed by atoms with E-state index < -0.39 is 17.4 Å². The fourth-order valence-corrected chi connectivity index (χ4v) is 3.00. The lowest BCUT2D eigenvalue weighted by molar-refractivity contribution is 0.427. The Morgan fingerprint density at radius 3 is 2.75 bits per heavy atom. The van der Waals surface area contributed by atoms with Crippen molar-refractivity contribution in [3.05, 3.63) is 35.4 Å². The van der Waals surface area contributed by atoms with E-state index in [4.69, 9.17) is 10.4 Å². The lowest BCUT2D eigenvalue weighted by Gasteiger charge is -1.99. The van der Waals surface area contributed by atoms with Crippen molar-refractivity contribution >= 4 is 45.0 Å². The summed E-state index contributed by atoms with van der Waals surface area (Å²) in [5.74, 6) is -2.72. The molecule has 0 aliphatic heterocycles. The van der Waals surface area contributed by atoms with Crippen molar-refractivity contribution in [2.75, 3.05) is 6.26 Å². The minimum Gasteiger partial charge on any atom is -0.505 e. The van der Waals surface area contributed by atoms with Crippen molar-refractivity contribution in [1.82, 2.24) is 9.36 Å². The highest BCUT2D eigenvalue weighted by molar-refractivity contribution is 7.98. The summed E-state index contributed by atoms with van der Waals surface area (Å²) in [5.41, 5.74) is 0.407. The van der Waals surface area contributed by atoms with Crippen molar-refractivity contribution in [3.63, 3.8) is 0 Å². The van der Waals surface area contributed by atoms with Gasteiger partial charge in [0.05, 0.1) is 10.9 Å². The van der Waals surface area contributed by atoms with Crippen LogP contribution < -0.4 is 0 Å². The Balaban J connectivity index is 2.05. The van der Waals surface area contributed by atoms with Gasteiger partial charge in [-0.1, -0.05) is 0 Å². The minimum absolute atomic E-state index is 0.314. The Hall–Kier alpha value is -2.64. The predicted octanol–water partition coefficient (Wildman–Crippen LogP) is 4.68. The van der Waals surface area contributed by atoms with Crippen LogP contribution in [0, 0.1) is 23.0 Å². The number of pyridine rings is 1. The van der Waals surface area contributed by atoms with Gasteiger partial charge >= 0.3 is 0 Å². The van der Waals surface area contributed by atoms with E-state index in [1.54, 1.807) is 12.3 Å². The van der Waals surface area contributed by atoms with Crippen LogP contribution in [0.3, 0.4) is 0 Å². The largest absolute Gasteiger partial charge is 0.505 e. The molecule has 0 fully saturated rings. The standard InChI is InChI=1S/C14H7F2N5OS2/c1-23-13-6(5-17)2-7-12(18-13)21-24-14(7)20-19-10-3-9(16)11(22)4-8(10)15/h2-4,22H,1H3/b20-19+. The third-order valence-electron chi connectivity index (χ3n) is 3.00. The zero-order valence-electron chi connectivity index (χ0n) is 12.0. The number of nitrogens with zero attached hydrogens (tertiary/aromatic N) is 5. The summed E-state index contributed by atoms with van der Waals surface area (Å²) in [6, 6.07) is 4.98. The summed E-state index contributed by atoms with van der Waals surface area (Å²) in [7, 11) is 0. The molecule has 2 heterocycles. The highest BCUT2D eigenvalue weighted by Crippen LogP contribution is 2.34. The molecule has 0 aliphatic carbocycles. The van der Waals surface area contributed by atoms with E-state index in [-0.39, 0.29) is 5.69 Å². The third kappa shape index (κ3) is 2.91. The number of nitriles is 1. The number of aromatic nitrogens is 2. The summed E-state index contributed by atoms with van der Waals surface area (Å²) >= 11 is 2.30. The number of halogens is 2. The van der Waals surface area contributed by atoms with E-state index in [1.165, 1.54) is 11.8 Å². The third-order valence-corrected chi connectivity index (χ3v) is 4.43. The van der Waals surface area contributed by atoms with Gasteiger partial charge in [0.25, 0.3) is 0 Å². The van der Waals surface area contributed by atoms with Crippen LogP contribution in [0.25, 0.3) is 11.0 Å². The lowest BCUT2D eigenvalue weighted by Crippen LogP contribution is -1.86. The smallest absolute Gasteiger partial charge is 0.176 e. The van der Waals surface area contributed by atoms with Crippen LogP contribution in [-0.2, 0) is 0 Å². The molecule has 0 bridgehead atoms. The molecule has 2 aromatic heterocycles. The van der Waals surface area contributed by atoms with Crippen LogP contribution in [0.2, 0.25) is 0 Å². The second-order valence-corrected chi connectivity index (χ2v) is 6.02. The van der Waals surface area contributed by atoms with Gasteiger partial charge in [-0.2, -0.15) is 9.64 Å². The fourth-order valence-electron chi connectivity index (χ4n) is 1.86. The van der Waals surface area contributed by atoms with Crippen molar-refractivity contribution in [1.29, 1.82) is 5.26 Å². The number of hydrogen-bond donors (Lipinski definition) is 1. The van der Waals surface area contributed by atoms with Gasteiger partial charge in [0.15, 0.2) is 28.0 Å². The highest BCUT2D eigenvalue weighted by Gasteiger charge is 2.13. The van der Waals surface area contributed by atoms with Gasteiger partial charge in [-0.25, -0.2) is 13.8 Å². The molecule has 3 rings (SSSR count). The first-order valence-electron chi connectivity index (χ1n) is 6.37. The number of azo groups is 1. The molecule has 0 aliphatic rings. The quantitative estimate of drug-likeness (QED) is 0.538. The van der Waals surface area contributed by atoms with E-state index in [0.717, 1.165) is 17.6 Å². The number of rotatable bonds is 3. The molecular weight excluding hydrogens is 356 g/mol. The maximum atomic E-state index is 13.6. The Morgan fingerprint density at radius 2 is 2.04 bits per heavy atom. The number of phenolic OH excluding ortho intramolecular Hbond substituents is 1. The van der Waals surface area contributed by atoms with E-state index in [1.807, 2.05) is 6.07 Å². The van der Waals surface area contributed by atoms with E-state index in [0.29, 0.717) is 32.7 Å². The van der Waals surface area contributed by atoms with Crippen LogP contribution in [0.4, 0.5) is 19.5 Å². The summed E-state index contributed by atoms with van der Waals surface area (Å²) in [5, 5.41) is 27.1. The molecule has 0 radical (unpaired) electrons. The molecule has 0 saturated heterocycles. The molecule has 3 aromatic rings. The van der Waals surface area contributed by atoms with E-state index >= 15 is 0 Å². The van der Waals surface area contributed by atoms with Crippen LogP contribution in [0.1, 0.15) is 5.56 Å². The Kier molecular flexibility index (Phi) is 4.37. The van der Waals surface area contributed by atoms with Gasteiger partial charge in [0, 0.05) is 12.1 Å². The minimum atomic E-state index is -1.00. The molecule has 0 saturated carbocycles. The lowest BCUT2D eigenvalue weighted by atomic mass is 10.2. The predicted molar refractivity (Wildman–Crippen MR) is 86.1 cm³/mol. The Labute approximate surface area is 142 Å². The first-order chi connectivity index (χ1) is 11.5. The Bertz CT molecular complexity index is 1010. The molecule has 0 spiro atoms. The van der Waals surface area contributed by atoms with Gasteiger partial charge in [-0.15, -0.1) is 22.0 Å². The maximum absolute atomic E-state index is 13.6. The van der Waals surface area contributed by atoms with Crippen molar-refractivity contribution < 1.29 is 13.9 Å². The molecule has 1 aromatic carbocycles. The fraction of sp³-hybridized carbons (Fsp3) is 0.0714. The van der Waals surface area contributed by atoms with E-state index in [2.05, 4.69) is 19.6 Å². The molecular formula is C14H7F2N5OS2. The second kappa shape index (κ2) is 6.46. The van der Waals surface area contributed by atoms with Gasteiger partial charge in [0.1, 0.15) is 16.8 Å². The molecule has 24 heavy (non-hydrogen) atoms. The summed E-state index contributed by atoms with van der Waals surface area (Å²) in [6.45, 7) is 0. The Morgan fingerprint density at radius 1 is 1.25 bits per heavy atom. The first-order valence-corrected chi connectivity index (χ1v) is 8.37. The molecule has 0 unspecified atom stereocenters. The van der Waals surface area contributed by atoms with Crippen LogP contribution in [0.15, 0.2) is 33.5 Å². The number of hydrogen-bond acceptors (Lipinski definition) is 8. The number of fused-ring (bicyclic) bond motifs is 1. The highest BCUT2D eigenvalue weighted by atomic mass is 32.2. The van der Waals surface area contributed by atoms with E-state index in [9.17, 15) is 8.78 Å². The average Bonchev–Trinajstić information content (AvgIpc) is 2.97. The van der Waals surface area contributed by atoms with Crippen LogP contribution in [0.5, 0.6) is 5.75 Å². The van der Waals surface area contributed by atoms with Crippen molar-refractivity contribution in [2.24, 2.45) is 10.2 Å². The molecule has 10 heteroatoms. The monoisotopic (exact) mass is 363 g/mol. The summed E-state index contributed by atoms with van der Waals surface area (Å²) in [6.07, 6.45) is 1.80. The van der Waals surface area contributed by atoms with Gasteiger partial charge in [-0.05, 0) is 23.9 Å². The van der Waals surface area contributed by atoms with Gasteiger partial charge in [0.2, 0.25) is 0 Å². The average molecular weight is 363 g/mol. The first kappa shape index (κ1) is 16.2. The van der Waals surface area contributed by atoms with Gasteiger partial charge < -0.3 is 5.11 Å². The van der Waals surface area contributed by atoms with Crippen molar-refractivity contribution in [2.45, 2.75) is 5.03 Å². The second-order valence-electron chi connectivity index (χ2n) is 4.47. The van der Waals surface area contributed by atoms with Crippen LogP contribution >= 0.6 is 23.3 Å². The molecule has 0 atom stereocenters.